The predicted molar refractivity (Wildman–Crippen MR) is 96.7 cm³/mol. The zero-order valence-corrected chi connectivity index (χ0v) is 13.7. The van der Waals surface area contributed by atoms with Gasteiger partial charge in [-0.2, -0.15) is 5.10 Å². The molecule has 0 unspecified atom stereocenters. The summed E-state index contributed by atoms with van der Waals surface area (Å²) in [6, 6.07) is 13.9. The summed E-state index contributed by atoms with van der Waals surface area (Å²) in [6.45, 7) is 4.09. The summed E-state index contributed by atoms with van der Waals surface area (Å²) in [4.78, 5) is 15.1. The van der Waals surface area contributed by atoms with Crippen LogP contribution in [0.4, 0.5) is 11.4 Å². The number of carbonyl (C=O) groups excluding carboxylic acids is 1. The summed E-state index contributed by atoms with van der Waals surface area (Å²) in [5.74, 6) is -0.182. The van der Waals surface area contributed by atoms with Crippen molar-refractivity contribution in [2.45, 2.75) is 19.8 Å². The van der Waals surface area contributed by atoms with Gasteiger partial charge in [-0.3, -0.25) is 9.89 Å². The molecule has 1 aliphatic heterocycles. The van der Waals surface area contributed by atoms with Crippen LogP contribution in [0.15, 0.2) is 42.5 Å². The van der Waals surface area contributed by atoms with Crippen molar-refractivity contribution in [2.24, 2.45) is 0 Å². The molecule has 0 saturated carbocycles. The molecule has 122 valence electrons. The molecule has 0 spiro atoms. The Balaban J connectivity index is 1.65. The van der Waals surface area contributed by atoms with E-state index in [4.69, 9.17) is 0 Å². The number of aromatic amines is 1. The quantitative estimate of drug-likeness (QED) is 0.773. The number of rotatable bonds is 3. The highest BCUT2D eigenvalue weighted by atomic mass is 16.1. The smallest absolute Gasteiger partial charge is 0.276 e. The van der Waals surface area contributed by atoms with E-state index >= 15 is 0 Å². The third-order valence-electron chi connectivity index (χ3n) is 4.53. The molecule has 0 bridgehead atoms. The molecule has 1 aliphatic rings. The second kappa shape index (κ2) is 6.00. The largest absolute Gasteiger partial charge is 0.370 e. The van der Waals surface area contributed by atoms with Crippen LogP contribution in [0.5, 0.6) is 0 Å². The van der Waals surface area contributed by atoms with Crippen molar-refractivity contribution in [3.05, 3.63) is 53.7 Å². The van der Waals surface area contributed by atoms with E-state index < -0.39 is 0 Å². The van der Waals surface area contributed by atoms with Gasteiger partial charge in [0.15, 0.2) is 5.69 Å². The van der Waals surface area contributed by atoms with E-state index in [9.17, 15) is 4.79 Å². The number of carbonyl (C=O) groups is 1. The lowest BCUT2D eigenvalue weighted by atomic mass is 10.1. The standard InChI is InChI=1S/C19H20N4O/c1-13-8-9-15-14(12-13)18(22-21-15)19(24)20-16-6-2-3-7-17(16)23-10-4-5-11-23/h2-3,6-9,12H,4-5,10-11H2,1H3,(H,20,24)(H,21,22). The van der Waals surface area contributed by atoms with Crippen molar-refractivity contribution in [3.8, 4) is 0 Å². The van der Waals surface area contributed by atoms with Crippen molar-refractivity contribution < 1.29 is 4.79 Å². The average molecular weight is 320 g/mol. The van der Waals surface area contributed by atoms with Gasteiger partial charge in [-0.15, -0.1) is 0 Å². The average Bonchev–Trinajstić information content (AvgIpc) is 3.24. The van der Waals surface area contributed by atoms with Crippen LogP contribution in [0.25, 0.3) is 10.9 Å². The van der Waals surface area contributed by atoms with Crippen LogP contribution in [-0.4, -0.2) is 29.2 Å². The molecule has 1 fully saturated rings. The normalized spacial score (nSPS) is 14.3. The minimum absolute atomic E-state index is 0.182. The first-order valence-corrected chi connectivity index (χ1v) is 8.32. The first-order chi connectivity index (χ1) is 11.7. The van der Waals surface area contributed by atoms with Crippen LogP contribution in [0, 0.1) is 6.92 Å². The Morgan fingerprint density at radius 3 is 2.79 bits per heavy atom. The molecule has 0 radical (unpaired) electrons. The van der Waals surface area contributed by atoms with Crippen molar-refractivity contribution in [3.63, 3.8) is 0 Å². The van der Waals surface area contributed by atoms with E-state index in [1.165, 1.54) is 12.8 Å². The number of nitrogens with zero attached hydrogens (tertiary/aromatic N) is 2. The molecule has 2 heterocycles. The van der Waals surface area contributed by atoms with E-state index in [0.717, 1.165) is 40.9 Å². The second-order valence-electron chi connectivity index (χ2n) is 6.29. The van der Waals surface area contributed by atoms with Gasteiger partial charge in [-0.05, 0) is 44.0 Å². The highest BCUT2D eigenvalue weighted by Gasteiger charge is 2.19. The molecular weight excluding hydrogens is 300 g/mol. The molecular formula is C19H20N4O. The molecule has 2 aromatic carbocycles. The van der Waals surface area contributed by atoms with E-state index in [-0.39, 0.29) is 5.91 Å². The molecule has 4 rings (SSSR count). The van der Waals surface area contributed by atoms with Crippen LogP contribution < -0.4 is 10.2 Å². The molecule has 1 saturated heterocycles. The second-order valence-corrected chi connectivity index (χ2v) is 6.29. The van der Waals surface area contributed by atoms with Crippen molar-refractivity contribution in [1.29, 1.82) is 0 Å². The Morgan fingerprint density at radius 1 is 1.17 bits per heavy atom. The van der Waals surface area contributed by atoms with Crippen molar-refractivity contribution >= 4 is 28.2 Å². The monoisotopic (exact) mass is 320 g/mol. The van der Waals surface area contributed by atoms with Crippen molar-refractivity contribution in [2.75, 3.05) is 23.3 Å². The lowest BCUT2D eigenvalue weighted by Gasteiger charge is -2.21. The lowest BCUT2D eigenvalue weighted by Crippen LogP contribution is -2.21. The summed E-state index contributed by atoms with van der Waals surface area (Å²) < 4.78 is 0. The first kappa shape index (κ1) is 14.8. The number of aryl methyl sites for hydroxylation is 1. The number of anilines is 2. The Hall–Kier alpha value is -2.82. The number of hydrogen-bond acceptors (Lipinski definition) is 3. The van der Waals surface area contributed by atoms with E-state index in [1.807, 2.05) is 43.3 Å². The summed E-state index contributed by atoms with van der Waals surface area (Å²) in [7, 11) is 0. The topological polar surface area (TPSA) is 61.0 Å². The maximum atomic E-state index is 12.8. The Bertz CT molecular complexity index is 893. The number of benzene rings is 2. The number of amides is 1. The van der Waals surface area contributed by atoms with E-state index in [0.29, 0.717) is 5.69 Å². The fourth-order valence-electron chi connectivity index (χ4n) is 3.30. The number of H-pyrrole nitrogens is 1. The van der Waals surface area contributed by atoms with Crippen LogP contribution in [0.3, 0.4) is 0 Å². The zero-order chi connectivity index (χ0) is 16.5. The minimum atomic E-state index is -0.182. The van der Waals surface area contributed by atoms with Gasteiger partial charge in [0.25, 0.3) is 5.91 Å². The van der Waals surface area contributed by atoms with Crippen LogP contribution in [0.1, 0.15) is 28.9 Å². The van der Waals surface area contributed by atoms with Gasteiger partial charge in [0.1, 0.15) is 0 Å². The Kier molecular flexibility index (Phi) is 3.69. The molecule has 5 heteroatoms. The molecule has 5 nitrogen and oxygen atoms in total. The molecule has 1 aromatic heterocycles. The molecule has 1 amide bonds. The van der Waals surface area contributed by atoms with E-state index in [2.05, 4.69) is 26.5 Å². The summed E-state index contributed by atoms with van der Waals surface area (Å²) in [5, 5.41) is 11.0. The third kappa shape index (κ3) is 2.62. The Labute approximate surface area is 140 Å². The molecule has 0 aliphatic carbocycles. The predicted octanol–water partition coefficient (Wildman–Crippen LogP) is 3.72. The SMILES string of the molecule is Cc1ccc2[nH]nc(C(=O)Nc3ccccc3N3CCCC3)c2c1. The maximum Gasteiger partial charge on any atom is 0.276 e. The van der Waals surface area contributed by atoms with Crippen LogP contribution in [0.2, 0.25) is 0 Å². The number of nitrogens with one attached hydrogen (secondary N) is 2. The van der Waals surface area contributed by atoms with Crippen LogP contribution in [-0.2, 0) is 0 Å². The molecule has 2 N–H and O–H groups in total. The summed E-state index contributed by atoms with van der Waals surface area (Å²) in [6.07, 6.45) is 2.40. The number of aromatic nitrogens is 2. The van der Waals surface area contributed by atoms with Crippen LogP contribution >= 0.6 is 0 Å². The minimum Gasteiger partial charge on any atom is -0.370 e. The number of para-hydroxylation sites is 2. The lowest BCUT2D eigenvalue weighted by molar-refractivity contribution is 0.102. The van der Waals surface area contributed by atoms with Gasteiger partial charge >= 0.3 is 0 Å². The number of hydrogen-bond donors (Lipinski definition) is 2. The third-order valence-corrected chi connectivity index (χ3v) is 4.53. The Morgan fingerprint density at radius 2 is 1.96 bits per heavy atom. The van der Waals surface area contributed by atoms with Gasteiger partial charge in [0.05, 0.1) is 16.9 Å². The summed E-state index contributed by atoms with van der Waals surface area (Å²) >= 11 is 0. The fraction of sp³-hybridized carbons (Fsp3) is 0.263. The van der Waals surface area contributed by atoms with E-state index in [1.54, 1.807) is 0 Å². The highest BCUT2D eigenvalue weighted by molar-refractivity contribution is 6.12. The van der Waals surface area contributed by atoms with Gasteiger partial charge in [-0.1, -0.05) is 23.8 Å². The molecule has 3 aromatic rings. The number of fused-ring (bicyclic) bond motifs is 1. The van der Waals surface area contributed by atoms with Gasteiger partial charge in [0, 0.05) is 18.5 Å². The highest BCUT2D eigenvalue weighted by Crippen LogP contribution is 2.29. The van der Waals surface area contributed by atoms with Gasteiger partial charge in [-0.25, -0.2) is 0 Å². The van der Waals surface area contributed by atoms with Gasteiger partial charge in [0.2, 0.25) is 0 Å². The van der Waals surface area contributed by atoms with Crippen molar-refractivity contribution in [1.82, 2.24) is 10.2 Å². The molecule has 24 heavy (non-hydrogen) atoms. The molecule has 0 atom stereocenters. The van der Waals surface area contributed by atoms with Gasteiger partial charge < -0.3 is 10.2 Å². The maximum absolute atomic E-state index is 12.8. The summed E-state index contributed by atoms with van der Waals surface area (Å²) in [5.41, 5.74) is 4.34. The zero-order valence-electron chi connectivity index (χ0n) is 13.7. The first-order valence-electron chi connectivity index (χ1n) is 8.32. The fourth-order valence-corrected chi connectivity index (χ4v) is 3.30.